The van der Waals surface area contributed by atoms with Crippen LogP contribution in [0.4, 0.5) is 0 Å². The molecule has 2 rings (SSSR count). The highest BCUT2D eigenvalue weighted by atomic mass is 35.5. The lowest BCUT2D eigenvalue weighted by Crippen LogP contribution is -2.19. The molecule has 2 aromatic carbocycles. The molecule has 0 radical (unpaired) electrons. The minimum atomic E-state index is 0.171. The van der Waals surface area contributed by atoms with E-state index in [1.165, 1.54) is 5.56 Å². The molecule has 2 aromatic rings. The topological polar surface area (TPSA) is 21.3 Å². The molecule has 1 N–H and O–H groups in total. The SMILES string of the molecule is CNC(Cc1ccccc1OC)c1ccccc1Cl. The summed E-state index contributed by atoms with van der Waals surface area (Å²) in [7, 11) is 3.64. The van der Waals surface area contributed by atoms with Crippen LogP contribution in [0.1, 0.15) is 17.2 Å². The molecule has 100 valence electrons. The highest BCUT2D eigenvalue weighted by Gasteiger charge is 2.15. The minimum Gasteiger partial charge on any atom is -0.496 e. The summed E-state index contributed by atoms with van der Waals surface area (Å²) in [6, 6.07) is 16.2. The zero-order chi connectivity index (χ0) is 13.7. The van der Waals surface area contributed by atoms with Gasteiger partial charge in [-0.2, -0.15) is 0 Å². The average Bonchev–Trinajstić information content (AvgIpc) is 2.46. The Morgan fingerprint density at radius 1 is 1.11 bits per heavy atom. The second-order valence-electron chi connectivity index (χ2n) is 4.38. The Kier molecular flexibility index (Phi) is 4.83. The van der Waals surface area contributed by atoms with Gasteiger partial charge in [-0.15, -0.1) is 0 Å². The molecule has 0 heterocycles. The van der Waals surface area contributed by atoms with Gasteiger partial charge < -0.3 is 10.1 Å². The van der Waals surface area contributed by atoms with Crippen molar-refractivity contribution in [2.45, 2.75) is 12.5 Å². The number of hydrogen-bond acceptors (Lipinski definition) is 2. The standard InChI is InChI=1S/C16H18ClNO/c1-18-15(13-8-4-5-9-14(13)17)11-12-7-3-6-10-16(12)19-2/h3-10,15,18H,11H2,1-2H3. The molecule has 19 heavy (non-hydrogen) atoms. The number of ether oxygens (including phenoxy) is 1. The Morgan fingerprint density at radius 3 is 2.47 bits per heavy atom. The van der Waals surface area contributed by atoms with E-state index in [0.717, 1.165) is 22.8 Å². The molecule has 0 aliphatic rings. The molecule has 0 fully saturated rings. The molecule has 1 atom stereocenters. The molecule has 0 aliphatic heterocycles. The van der Waals surface area contributed by atoms with Gasteiger partial charge in [0.2, 0.25) is 0 Å². The Morgan fingerprint density at radius 2 is 1.79 bits per heavy atom. The lowest BCUT2D eigenvalue weighted by Gasteiger charge is -2.19. The van der Waals surface area contributed by atoms with Crippen molar-refractivity contribution in [3.05, 3.63) is 64.7 Å². The summed E-state index contributed by atoms with van der Waals surface area (Å²) < 4.78 is 5.40. The maximum absolute atomic E-state index is 6.27. The summed E-state index contributed by atoms with van der Waals surface area (Å²) in [4.78, 5) is 0. The predicted octanol–water partition coefficient (Wildman–Crippen LogP) is 3.85. The van der Waals surface area contributed by atoms with E-state index >= 15 is 0 Å². The Balaban J connectivity index is 2.27. The molecule has 0 aliphatic carbocycles. The molecule has 0 saturated heterocycles. The normalized spacial score (nSPS) is 12.2. The van der Waals surface area contributed by atoms with Crippen LogP contribution in [0, 0.1) is 0 Å². The molecule has 0 bridgehead atoms. The van der Waals surface area contributed by atoms with Crippen LogP contribution in [0.25, 0.3) is 0 Å². The summed E-state index contributed by atoms with van der Waals surface area (Å²) in [6.07, 6.45) is 0.838. The monoisotopic (exact) mass is 275 g/mol. The maximum atomic E-state index is 6.27. The van der Waals surface area contributed by atoms with Gasteiger partial charge in [0.25, 0.3) is 0 Å². The van der Waals surface area contributed by atoms with Gasteiger partial charge in [-0.3, -0.25) is 0 Å². The lowest BCUT2D eigenvalue weighted by atomic mass is 9.98. The molecule has 2 nitrogen and oxygen atoms in total. The van der Waals surface area contributed by atoms with Crippen molar-refractivity contribution in [1.82, 2.24) is 5.32 Å². The molecule has 0 aromatic heterocycles. The van der Waals surface area contributed by atoms with Gasteiger partial charge in [-0.25, -0.2) is 0 Å². The van der Waals surface area contributed by atoms with Gasteiger partial charge in [0.05, 0.1) is 7.11 Å². The Hall–Kier alpha value is -1.51. The number of halogens is 1. The van der Waals surface area contributed by atoms with Gasteiger partial charge in [0.15, 0.2) is 0 Å². The van der Waals surface area contributed by atoms with Gasteiger partial charge in [0, 0.05) is 11.1 Å². The first-order chi connectivity index (χ1) is 9.26. The second kappa shape index (κ2) is 6.60. The van der Waals surface area contributed by atoms with Crippen molar-refractivity contribution in [3.8, 4) is 5.75 Å². The number of para-hydroxylation sites is 1. The largest absolute Gasteiger partial charge is 0.496 e. The highest BCUT2D eigenvalue weighted by molar-refractivity contribution is 6.31. The van der Waals surface area contributed by atoms with E-state index in [-0.39, 0.29) is 6.04 Å². The first-order valence-electron chi connectivity index (χ1n) is 6.30. The Bertz CT molecular complexity index is 542. The van der Waals surface area contributed by atoms with Crippen LogP contribution in [-0.2, 0) is 6.42 Å². The van der Waals surface area contributed by atoms with Crippen LogP contribution < -0.4 is 10.1 Å². The van der Waals surface area contributed by atoms with E-state index < -0.39 is 0 Å². The highest BCUT2D eigenvalue weighted by Crippen LogP contribution is 2.28. The van der Waals surface area contributed by atoms with Crippen molar-refractivity contribution in [2.24, 2.45) is 0 Å². The van der Waals surface area contributed by atoms with Crippen LogP contribution in [0.5, 0.6) is 5.75 Å². The number of benzene rings is 2. The maximum Gasteiger partial charge on any atom is 0.122 e. The number of hydrogen-bond donors (Lipinski definition) is 1. The fourth-order valence-electron chi connectivity index (χ4n) is 2.22. The summed E-state index contributed by atoms with van der Waals surface area (Å²) in [5.41, 5.74) is 2.28. The van der Waals surface area contributed by atoms with Crippen molar-refractivity contribution in [3.63, 3.8) is 0 Å². The summed E-state index contributed by atoms with van der Waals surface area (Å²) in [5, 5.41) is 4.11. The van der Waals surface area contributed by atoms with Crippen LogP contribution in [0.15, 0.2) is 48.5 Å². The molecule has 0 amide bonds. The first-order valence-corrected chi connectivity index (χ1v) is 6.67. The first kappa shape index (κ1) is 13.9. The van der Waals surface area contributed by atoms with E-state index in [0.29, 0.717) is 0 Å². The zero-order valence-corrected chi connectivity index (χ0v) is 11.9. The average molecular weight is 276 g/mol. The lowest BCUT2D eigenvalue weighted by molar-refractivity contribution is 0.406. The molecule has 1 unspecified atom stereocenters. The van der Waals surface area contributed by atoms with Crippen molar-refractivity contribution in [2.75, 3.05) is 14.2 Å². The third-order valence-electron chi connectivity index (χ3n) is 3.25. The molecule has 3 heteroatoms. The van der Waals surface area contributed by atoms with Crippen LogP contribution in [0.2, 0.25) is 5.02 Å². The number of likely N-dealkylation sites (N-methyl/N-ethyl adjacent to an activating group) is 1. The van der Waals surface area contributed by atoms with E-state index in [1.807, 2.05) is 43.4 Å². The third-order valence-corrected chi connectivity index (χ3v) is 3.59. The quantitative estimate of drug-likeness (QED) is 0.895. The summed E-state index contributed by atoms with van der Waals surface area (Å²) in [6.45, 7) is 0. The van der Waals surface area contributed by atoms with E-state index in [2.05, 4.69) is 17.4 Å². The van der Waals surface area contributed by atoms with Gasteiger partial charge in [-0.1, -0.05) is 48.0 Å². The number of nitrogens with one attached hydrogen (secondary N) is 1. The fourth-order valence-corrected chi connectivity index (χ4v) is 2.48. The van der Waals surface area contributed by atoms with Gasteiger partial charge in [0.1, 0.15) is 5.75 Å². The Labute approximate surface area is 119 Å². The predicted molar refractivity (Wildman–Crippen MR) is 80.0 cm³/mol. The smallest absolute Gasteiger partial charge is 0.122 e. The molecule has 0 saturated carbocycles. The van der Waals surface area contributed by atoms with Gasteiger partial charge >= 0.3 is 0 Å². The number of methoxy groups -OCH3 is 1. The second-order valence-corrected chi connectivity index (χ2v) is 4.79. The van der Waals surface area contributed by atoms with Crippen molar-refractivity contribution >= 4 is 11.6 Å². The number of rotatable bonds is 5. The third kappa shape index (κ3) is 3.28. The van der Waals surface area contributed by atoms with Gasteiger partial charge in [-0.05, 0) is 36.7 Å². The molecular formula is C16H18ClNO. The minimum absolute atomic E-state index is 0.171. The van der Waals surface area contributed by atoms with Crippen molar-refractivity contribution in [1.29, 1.82) is 0 Å². The van der Waals surface area contributed by atoms with Crippen LogP contribution in [0.3, 0.4) is 0 Å². The van der Waals surface area contributed by atoms with E-state index in [1.54, 1.807) is 7.11 Å². The van der Waals surface area contributed by atoms with Crippen molar-refractivity contribution < 1.29 is 4.74 Å². The molecule has 0 spiro atoms. The zero-order valence-electron chi connectivity index (χ0n) is 11.2. The van der Waals surface area contributed by atoms with E-state index in [4.69, 9.17) is 16.3 Å². The summed E-state index contributed by atoms with van der Waals surface area (Å²) in [5.74, 6) is 0.912. The van der Waals surface area contributed by atoms with Crippen LogP contribution in [-0.4, -0.2) is 14.2 Å². The summed E-state index contributed by atoms with van der Waals surface area (Å²) >= 11 is 6.27. The van der Waals surface area contributed by atoms with E-state index in [9.17, 15) is 0 Å². The molecular weight excluding hydrogens is 258 g/mol. The fraction of sp³-hybridized carbons (Fsp3) is 0.250. The van der Waals surface area contributed by atoms with Crippen LogP contribution >= 0.6 is 11.6 Å².